The van der Waals surface area contributed by atoms with Gasteiger partial charge in [-0.3, -0.25) is 4.79 Å². The molecular weight excluding hydrogens is 425 g/mol. The summed E-state index contributed by atoms with van der Waals surface area (Å²) < 4.78 is 0. The Morgan fingerprint density at radius 2 is 1.91 bits per heavy atom. The van der Waals surface area contributed by atoms with E-state index < -0.39 is 0 Å². The van der Waals surface area contributed by atoms with Crippen LogP contribution in [0.5, 0.6) is 0 Å². The van der Waals surface area contributed by atoms with Crippen LogP contribution in [0.4, 0.5) is 0 Å². The molecule has 0 bridgehead atoms. The number of aromatic nitrogens is 1. The molecule has 1 aromatic rings. The van der Waals surface area contributed by atoms with Crippen LogP contribution in [0, 0.1) is 13.8 Å². The Labute approximate surface area is 160 Å². The molecule has 1 heterocycles. The van der Waals surface area contributed by atoms with Crippen LogP contribution >= 0.6 is 35.3 Å². The molecule has 0 aliphatic carbocycles. The van der Waals surface area contributed by atoms with Gasteiger partial charge in [0.25, 0.3) is 0 Å². The molecule has 0 atom stereocenters. The van der Waals surface area contributed by atoms with Crippen LogP contribution in [0.3, 0.4) is 0 Å². The van der Waals surface area contributed by atoms with Gasteiger partial charge in [-0.2, -0.15) is 0 Å². The Morgan fingerprint density at radius 3 is 2.43 bits per heavy atom. The second-order valence-corrected chi connectivity index (χ2v) is 6.59. The van der Waals surface area contributed by atoms with E-state index in [2.05, 4.69) is 34.5 Å². The molecule has 0 saturated carbocycles. The van der Waals surface area contributed by atoms with E-state index in [-0.39, 0.29) is 36.4 Å². The number of hydrogen-bond acceptors (Lipinski definition) is 4. The Bertz CT molecular complexity index is 496. The lowest BCUT2D eigenvalue weighted by molar-refractivity contribution is -0.127. The second-order valence-electron chi connectivity index (χ2n) is 5.31. The molecule has 0 aromatic carbocycles. The van der Waals surface area contributed by atoms with Crippen LogP contribution in [0.25, 0.3) is 0 Å². The summed E-state index contributed by atoms with van der Waals surface area (Å²) in [6, 6.07) is 0. The van der Waals surface area contributed by atoms with Crippen molar-refractivity contribution < 1.29 is 4.79 Å². The summed E-state index contributed by atoms with van der Waals surface area (Å²) in [7, 11) is 3.47. The van der Waals surface area contributed by atoms with Crippen molar-refractivity contribution in [2.24, 2.45) is 4.99 Å². The minimum atomic E-state index is -0.0104. The number of guanidine groups is 1. The molecular formula is C15H28IN5OS. The van der Waals surface area contributed by atoms with E-state index in [4.69, 9.17) is 0 Å². The number of rotatable bonds is 7. The van der Waals surface area contributed by atoms with Crippen LogP contribution in [0.1, 0.15) is 28.9 Å². The van der Waals surface area contributed by atoms with Crippen molar-refractivity contribution in [3.63, 3.8) is 0 Å². The van der Waals surface area contributed by atoms with Crippen molar-refractivity contribution in [3.8, 4) is 0 Å². The fraction of sp³-hybridized carbons (Fsp3) is 0.667. The fourth-order valence-electron chi connectivity index (χ4n) is 1.64. The van der Waals surface area contributed by atoms with E-state index in [9.17, 15) is 4.79 Å². The number of aryl methyl sites for hydroxylation is 2. The first kappa shape index (κ1) is 22.1. The molecule has 23 heavy (non-hydrogen) atoms. The third-order valence-electron chi connectivity index (χ3n) is 3.12. The summed E-state index contributed by atoms with van der Waals surface area (Å²) in [5, 5.41) is 7.61. The summed E-state index contributed by atoms with van der Waals surface area (Å²) in [5.74, 6) is 0.672. The zero-order valence-electron chi connectivity index (χ0n) is 14.6. The lowest BCUT2D eigenvalue weighted by Crippen LogP contribution is -2.39. The van der Waals surface area contributed by atoms with E-state index in [1.807, 2.05) is 6.92 Å². The van der Waals surface area contributed by atoms with Gasteiger partial charge in [0.15, 0.2) is 5.96 Å². The summed E-state index contributed by atoms with van der Waals surface area (Å²) in [4.78, 5) is 23.3. The Morgan fingerprint density at radius 1 is 1.26 bits per heavy atom. The molecule has 8 heteroatoms. The lowest BCUT2D eigenvalue weighted by atomic mass is 10.4. The molecule has 0 aliphatic heterocycles. The molecule has 0 saturated heterocycles. The topological polar surface area (TPSA) is 69.6 Å². The molecule has 2 N–H and O–H groups in total. The molecule has 0 spiro atoms. The Balaban J connectivity index is 0.00000484. The van der Waals surface area contributed by atoms with E-state index in [0.29, 0.717) is 5.96 Å². The smallest absolute Gasteiger partial charge is 0.243 e. The summed E-state index contributed by atoms with van der Waals surface area (Å²) in [6.45, 7) is 7.95. The van der Waals surface area contributed by atoms with Gasteiger partial charge < -0.3 is 15.5 Å². The molecule has 1 rings (SSSR count). The fourth-order valence-corrected chi connectivity index (χ4v) is 2.57. The van der Waals surface area contributed by atoms with Gasteiger partial charge in [0.2, 0.25) is 5.91 Å². The maximum Gasteiger partial charge on any atom is 0.243 e. The van der Waals surface area contributed by atoms with Crippen molar-refractivity contribution in [1.29, 1.82) is 0 Å². The minimum absolute atomic E-state index is 0. The maximum atomic E-state index is 11.6. The van der Waals surface area contributed by atoms with Crippen molar-refractivity contribution in [2.45, 2.75) is 33.6 Å². The number of halogens is 1. The molecule has 0 unspecified atom stereocenters. The lowest BCUT2D eigenvalue weighted by Gasteiger charge is -2.12. The van der Waals surface area contributed by atoms with Gasteiger partial charge in [0.05, 0.1) is 10.7 Å². The van der Waals surface area contributed by atoms with Crippen LogP contribution < -0.4 is 10.6 Å². The molecule has 132 valence electrons. The monoisotopic (exact) mass is 453 g/mol. The number of likely N-dealkylation sites (N-methyl/N-ethyl adjacent to an activating group) is 1. The summed E-state index contributed by atoms with van der Waals surface area (Å²) in [5.41, 5.74) is 1.11. The first-order valence-electron chi connectivity index (χ1n) is 7.59. The van der Waals surface area contributed by atoms with E-state index in [0.717, 1.165) is 36.6 Å². The maximum absolute atomic E-state index is 11.6. The van der Waals surface area contributed by atoms with Gasteiger partial charge in [-0.05, 0) is 20.3 Å². The van der Waals surface area contributed by atoms with Gasteiger partial charge in [0, 0.05) is 38.5 Å². The van der Waals surface area contributed by atoms with Gasteiger partial charge in [0.1, 0.15) is 6.54 Å². The number of hydrogen-bond donors (Lipinski definition) is 2. The zero-order valence-corrected chi connectivity index (χ0v) is 17.7. The first-order chi connectivity index (χ1) is 10.4. The molecule has 1 amide bonds. The molecule has 0 aliphatic rings. The van der Waals surface area contributed by atoms with Crippen LogP contribution in [-0.2, 0) is 11.2 Å². The van der Waals surface area contributed by atoms with Crippen LogP contribution in [-0.4, -0.2) is 55.5 Å². The van der Waals surface area contributed by atoms with Crippen molar-refractivity contribution in [2.75, 3.05) is 33.7 Å². The predicted molar refractivity (Wildman–Crippen MR) is 108 cm³/mol. The van der Waals surface area contributed by atoms with Crippen molar-refractivity contribution >= 4 is 47.2 Å². The molecule has 0 fully saturated rings. The first-order valence-corrected chi connectivity index (χ1v) is 8.41. The number of thiazole rings is 1. The Hall–Kier alpha value is -0.900. The number of carbonyl (C=O) groups excluding carboxylic acids is 1. The van der Waals surface area contributed by atoms with Gasteiger partial charge in [-0.15, -0.1) is 35.3 Å². The average Bonchev–Trinajstić information content (AvgIpc) is 2.79. The second kappa shape index (κ2) is 11.6. The zero-order chi connectivity index (χ0) is 16.5. The van der Waals surface area contributed by atoms with Gasteiger partial charge in [-0.25, -0.2) is 9.98 Å². The van der Waals surface area contributed by atoms with Crippen molar-refractivity contribution in [1.82, 2.24) is 20.5 Å². The van der Waals surface area contributed by atoms with Gasteiger partial charge in [-0.1, -0.05) is 6.92 Å². The van der Waals surface area contributed by atoms with Crippen molar-refractivity contribution in [3.05, 3.63) is 15.6 Å². The number of amides is 1. The number of nitrogens with zero attached hydrogens (tertiary/aromatic N) is 3. The van der Waals surface area contributed by atoms with E-state index >= 15 is 0 Å². The summed E-state index contributed by atoms with van der Waals surface area (Å²) in [6.07, 6.45) is 1.86. The number of aliphatic imine (C=N–C) groups is 1. The third-order valence-corrected chi connectivity index (χ3v) is 4.25. The average molecular weight is 453 g/mol. The predicted octanol–water partition coefficient (Wildman–Crippen LogP) is 1.95. The highest BCUT2D eigenvalue weighted by atomic mass is 127. The number of carbonyl (C=O) groups is 1. The van der Waals surface area contributed by atoms with Crippen LogP contribution in [0.2, 0.25) is 0 Å². The van der Waals surface area contributed by atoms with E-state index in [1.165, 1.54) is 4.88 Å². The molecule has 0 radical (unpaired) electrons. The van der Waals surface area contributed by atoms with Gasteiger partial charge >= 0.3 is 0 Å². The highest BCUT2D eigenvalue weighted by Gasteiger charge is 2.06. The SMILES string of the molecule is CCCNC(=NCC(=O)N(C)C)NCCc1nc(C)c(C)s1.I. The normalized spacial score (nSPS) is 10.9. The Kier molecular flexibility index (Phi) is 11.2. The summed E-state index contributed by atoms with van der Waals surface area (Å²) >= 11 is 1.73. The largest absolute Gasteiger partial charge is 0.356 e. The highest BCUT2D eigenvalue weighted by Crippen LogP contribution is 2.16. The quantitative estimate of drug-likeness (QED) is 0.376. The molecule has 1 aromatic heterocycles. The third kappa shape index (κ3) is 8.50. The number of nitrogens with one attached hydrogen (secondary N) is 2. The van der Waals surface area contributed by atoms with Crippen LogP contribution in [0.15, 0.2) is 4.99 Å². The molecule has 6 nitrogen and oxygen atoms in total. The van der Waals surface area contributed by atoms with E-state index in [1.54, 1.807) is 30.3 Å². The highest BCUT2D eigenvalue weighted by molar-refractivity contribution is 14.0. The minimum Gasteiger partial charge on any atom is -0.356 e. The standard InChI is InChI=1S/C15H27N5OS.HI/c1-6-8-16-15(18-10-14(21)20(4)5)17-9-7-13-19-11(2)12(3)22-13;/h6-10H2,1-5H3,(H2,16,17,18);1H.